The minimum atomic E-state index is -4.83. The summed E-state index contributed by atoms with van der Waals surface area (Å²) in [6.45, 7) is -0.443. The van der Waals surface area contributed by atoms with Crippen molar-refractivity contribution >= 4 is 83.9 Å². The lowest BCUT2D eigenvalue weighted by Crippen LogP contribution is -2.36. The zero-order valence-electron chi connectivity index (χ0n) is 25.5. The Morgan fingerprint density at radius 1 is 0.760 bits per heavy atom. The fourth-order valence-electron chi connectivity index (χ4n) is 3.88. The number of amides is 4. The van der Waals surface area contributed by atoms with Crippen LogP contribution >= 0.6 is 0 Å². The second kappa shape index (κ2) is 17.4. The van der Waals surface area contributed by atoms with E-state index < -0.39 is 120 Å². The van der Waals surface area contributed by atoms with E-state index in [2.05, 4.69) is 23.3 Å². The Kier molecular flexibility index (Phi) is 14.4. The molecule has 0 aromatic heterocycles. The summed E-state index contributed by atoms with van der Waals surface area (Å²) in [6, 6.07) is 0. The number of nitrogens with zero attached hydrogens (tertiary/aromatic N) is 2. The summed E-state index contributed by atoms with van der Waals surface area (Å²) in [5.74, 6) is -8.42. The van der Waals surface area contributed by atoms with Gasteiger partial charge in [0.25, 0.3) is 43.9 Å². The molecule has 3 fully saturated rings. The SMILES string of the molecule is N=C1CCC(=N)OS(=O)(=O)CCOC(=O)O1.O=C(CCCCCCC(=O)ON1C(=O)CC(S(=O)(=O)O)C1=O)ON1C(=O)CC(S(=O)(=O)O)C1=O. The van der Waals surface area contributed by atoms with Crippen LogP contribution in [-0.2, 0) is 82.5 Å². The molecule has 0 spiro atoms. The summed E-state index contributed by atoms with van der Waals surface area (Å²) in [4.78, 5) is 90.2. The first-order valence-corrected chi connectivity index (χ1v) is 18.6. The van der Waals surface area contributed by atoms with E-state index in [4.69, 9.17) is 19.9 Å². The van der Waals surface area contributed by atoms with Gasteiger partial charge in [-0.05, 0) is 12.8 Å². The minimum Gasteiger partial charge on any atom is -0.433 e. The number of cyclic esters (lactones) is 2. The highest BCUT2D eigenvalue weighted by Crippen LogP contribution is 2.22. The van der Waals surface area contributed by atoms with Gasteiger partial charge in [0.15, 0.2) is 16.4 Å². The third-order valence-corrected chi connectivity index (χ3v) is 9.60. The summed E-state index contributed by atoms with van der Waals surface area (Å²) in [5, 5.41) is 10.3. The van der Waals surface area contributed by atoms with Gasteiger partial charge in [-0.2, -0.15) is 25.3 Å². The smallest absolute Gasteiger partial charge is 0.433 e. The lowest BCUT2D eigenvalue weighted by Gasteiger charge is -2.13. The summed E-state index contributed by atoms with van der Waals surface area (Å²) >= 11 is 0. The van der Waals surface area contributed by atoms with Gasteiger partial charge in [-0.15, -0.1) is 10.1 Å². The van der Waals surface area contributed by atoms with Gasteiger partial charge < -0.3 is 23.3 Å². The molecule has 0 bridgehead atoms. The molecular weight excluding hydrogens is 748 g/mol. The van der Waals surface area contributed by atoms with Gasteiger partial charge in [0, 0.05) is 25.7 Å². The van der Waals surface area contributed by atoms with Gasteiger partial charge >= 0.3 is 28.2 Å². The van der Waals surface area contributed by atoms with Crippen molar-refractivity contribution in [1.29, 1.82) is 10.8 Å². The molecule has 3 saturated heterocycles. The maximum absolute atomic E-state index is 11.8. The molecule has 0 radical (unpaired) electrons. The molecule has 2 atom stereocenters. The number of carbonyl (C=O) groups excluding carboxylic acids is 7. The van der Waals surface area contributed by atoms with Gasteiger partial charge in [0.05, 0.1) is 12.8 Å². The molecule has 0 aliphatic carbocycles. The highest BCUT2D eigenvalue weighted by atomic mass is 32.2. The molecule has 3 heterocycles. The van der Waals surface area contributed by atoms with Crippen molar-refractivity contribution in [3.05, 3.63) is 0 Å². The van der Waals surface area contributed by atoms with Crippen LogP contribution in [0.2, 0.25) is 0 Å². The van der Waals surface area contributed by atoms with Crippen LogP contribution in [0.4, 0.5) is 4.79 Å². The molecule has 3 rings (SSSR count). The van der Waals surface area contributed by atoms with Gasteiger partial charge in [0.2, 0.25) is 5.90 Å². The van der Waals surface area contributed by atoms with Crippen LogP contribution in [0, 0.1) is 10.8 Å². The van der Waals surface area contributed by atoms with E-state index in [9.17, 15) is 58.8 Å². The Bertz CT molecular complexity index is 1670. The van der Waals surface area contributed by atoms with Crippen molar-refractivity contribution in [2.45, 2.75) is 74.7 Å². The topological polar surface area (TPSA) is 363 Å². The van der Waals surface area contributed by atoms with Crippen LogP contribution in [-0.4, -0.2) is 121 Å². The fraction of sp³-hybridized carbons (Fsp3) is 0.609. The molecule has 24 nitrogen and oxygen atoms in total. The number of hydrogen-bond donors (Lipinski definition) is 4. The number of nitrogens with one attached hydrogen (secondary N) is 2. The molecule has 280 valence electrons. The van der Waals surface area contributed by atoms with E-state index in [1.54, 1.807) is 0 Å². The van der Waals surface area contributed by atoms with Gasteiger partial charge in [-0.25, -0.2) is 14.4 Å². The standard InChI is InChI=1S/C16H20N2O14S2.C7H10N2O6S/c19-11-7-9(33(25,26)27)15(23)17(11)31-13(21)5-3-1-2-4-6-14(22)32-18-12(20)8-10(16(18)24)34(28,29)30;8-5-1-2-6(9)15-16(11,12)4-3-13-7(10)14-5/h9-10H,1-8H2,(H,25,26,27)(H,28,29,30);8-9H,1-4H2. The second-order valence-corrected chi connectivity index (χ2v) is 15.1. The minimum absolute atomic E-state index is 0.00962. The van der Waals surface area contributed by atoms with Gasteiger partial charge in [-0.1, -0.05) is 12.8 Å². The first-order chi connectivity index (χ1) is 23.0. The number of imide groups is 2. The third kappa shape index (κ3) is 13.0. The van der Waals surface area contributed by atoms with Crippen LogP contribution in [0.3, 0.4) is 0 Å². The molecule has 3 aliphatic heterocycles. The number of ether oxygens (including phenoxy) is 2. The maximum atomic E-state index is 11.8. The maximum Gasteiger partial charge on any atom is 0.514 e. The quantitative estimate of drug-likeness (QED) is 0.0610. The summed E-state index contributed by atoms with van der Waals surface area (Å²) in [6.07, 6.45) is -2.47. The van der Waals surface area contributed by atoms with E-state index in [0.29, 0.717) is 12.8 Å². The Balaban J connectivity index is 0.000000452. The normalized spacial score (nSPS) is 21.7. The Morgan fingerprint density at radius 3 is 1.58 bits per heavy atom. The number of hydrogen-bond acceptors (Lipinski definition) is 20. The molecule has 27 heteroatoms. The van der Waals surface area contributed by atoms with Crippen LogP contribution in [0.25, 0.3) is 0 Å². The first-order valence-electron chi connectivity index (χ1n) is 14.0. The second-order valence-electron chi connectivity index (χ2n) is 10.2. The first kappa shape index (κ1) is 41.6. The van der Waals surface area contributed by atoms with Crippen molar-refractivity contribution in [2.24, 2.45) is 0 Å². The molecule has 0 aromatic rings. The highest BCUT2D eigenvalue weighted by molar-refractivity contribution is 7.87. The summed E-state index contributed by atoms with van der Waals surface area (Å²) in [5.41, 5.74) is 0. The van der Waals surface area contributed by atoms with Crippen LogP contribution in [0.15, 0.2) is 0 Å². The van der Waals surface area contributed by atoms with Crippen LogP contribution in [0.1, 0.15) is 64.2 Å². The predicted molar refractivity (Wildman–Crippen MR) is 155 cm³/mol. The number of rotatable bonds is 11. The Labute approximate surface area is 282 Å². The van der Waals surface area contributed by atoms with Crippen molar-refractivity contribution < 1.29 is 91.3 Å². The van der Waals surface area contributed by atoms with Crippen molar-refractivity contribution in [2.75, 3.05) is 12.4 Å². The molecule has 4 amide bonds. The average molecular weight is 779 g/mol. The van der Waals surface area contributed by atoms with Crippen molar-refractivity contribution in [3.63, 3.8) is 0 Å². The lowest BCUT2D eigenvalue weighted by molar-refractivity contribution is -0.197. The van der Waals surface area contributed by atoms with Gasteiger partial charge in [0.1, 0.15) is 12.4 Å². The van der Waals surface area contributed by atoms with Crippen molar-refractivity contribution in [1.82, 2.24) is 10.1 Å². The summed E-state index contributed by atoms with van der Waals surface area (Å²) < 4.78 is 97.4. The lowest BCUT2D eigenvalue weighted by atomic mass is 10.1. The van der Waals surface area contributed by atoms with E-state index in [1.807, 2.05) is 0 Å². The molecule has 0 aromatic carbocycles. The molecule has 2 unspecified atom stereocenters. The van der Waals surface area contributed by atoms with E-state index in [1.165, 1.54) is 0 Å². The Hall–Kier alpha value is -4.60. The monoisotopic (exact) mass is 778 g/mol. The largest absolute Gasteiger partial charge is 0.514 e. The molecule has 3 aliphatic rings. The molecule has 50 heavy (non-hydrogen) atoms. The average Bonchev–Trinajstić information content (AvgIpc) is 3.42. The van der Waals surface area contributed by atoms with Crippen molar-refractivity contribution in [3.8, 4) is 0 Å². The zero-order chi connectivity index (χ0) is 38.0. The number of unbranched alkanes of at least 4 members (excludes halogenated alkanes) is 3. The zero-order valence-corrected chi connectivity index (χ0v) is 28.0. The van der Waals surface area contributed by atoms with E-state index in [-0.39, 0.29) is 48.7 Å². The Morgan fingerprint density at radius 2 is 1.18 bits per heavy atom. The highest BCUT2D eigenvalue weighted by Gasteiger charge is 2.49. The van der Waals surface area contributed by atoms with E-state index >= 15 is 0 Å². The van der Waals surface area contributed by atoms with E-state index in [0.717, 1.165) is 0 Å². The molecule has 0 saturated carbocycles. The fourth-order valence-corrected chi connectivity index (χ4v) is 6.05. The summed E-state index contributed by atoms with van der Waals surface area (Å²) in [7, 11) is -13.6. The predicted octanol–water partition coefficient (Wildman–Crippen LogP) is -1.49. The van der Waals surface area contributed by atoms with Crippen LogP contribution < -0.4 is 0 Å². The third-order valence-electron chi connectivity index (χ3n) is 6.31. The molecular formula is C23H30N4O20S3. The number of carbonyl (C=O) groups is 7. The van der Waals surface area contributed by atoms with Crippen LogP contribution in [0.5, 0.6) is 0 Å². The number of hydroxylamine groups is 4. The van der Waals surface area contributed by atoms with Gasteiger partial charge in [-0.3, -0.25) is 39.1 Å². The molecule has 4 N–H and O–H groups in total.